The van der Waals surface area contributed by atoms with E-state index in [9.17, 15) is 22.8 Å². The van der Waals surface area contributed by atoms with Crippen LogP contribution in [0.5, 0.6) is 0 Å². The van der Waals surface area contributed by atoms with Gasteiger partial charge < -0.3 is 0 Å². The normalized spacial score (nSPS) is 16.9. The lowest BCUT2D eigenvalue weighted by molar-refractivity contribution is 0.373. The van der Waals surface area contributed by atoms with Gasteiger partial charge in [0.05, 0.1) is 0 Å². The lowest BCUT2D eigenvalue weighted by atomic mass is 10.3. The molecular formula is C16H15F3N4O2S. The van der Waals surface area contributed by atoms with E-state index in [4.69, 9.17) is 0 Å². The average molecular weight is 384 g/mol. The molecule has 2 aliphatic carbocycles. The van der Waals surface area contributed by atoms with Gasteiger partial charge in [-0.05, 0) is 25.7 Å². The molecule has 138 valence electrons. The van der Waals surface area contributed by atoms with Crippen molar-refractivity contribution in [3.05, 3.63) is 38.6 Å². The van der Waals surface area contributed by atoms with Crippen molar-refractivity contribution < 1.29 is 13.2 Å². The molecule has 0 radical (unpaired) electrons. The van der Waals surface area contributed by atoms with Crippen molar-refractivity contribution in [2.24, 2.45) is 0 Å². The van der Waals surface area contributed by atoms with E-state index in [0.29, 0.717) is 10.9 Å². The summed E-state index contributed by atoms with van der Waals surface area (Å²) in [4.78, 5) is 35.7. The van der Waals surface area contributed by atoms with Gasteiger partial charge in [0.25, 0.3) is 5.56 Å². The molecule has 0 saturated heterocycles. The third-order valence-corrected chi connectivity index (χ3v) is 5.37. The lowest BCUT2D eigenvalue weighted by Gasteiger charge is -2.11. The van der Waals surface area contributed by atoms with Gasteiger partial charge in [-0.3, -0.25) is 14.3 Å². The number of thioether (sulfide) groups is 1. The SMILES string of the molecule is O=c1[nH]c(=O)n(C2CC2)c2nc(C3CC3)nc(SCCC(F)=C(F)F)c12. The Morgan fingerprint density at radius 2 is 1.88 bits per heavy atom. The van der Waals surface area contributed by atoms with Gasteiger partial charge in [0, 0.05) is 24.1 Å². The lowest BCUT2D eigenvalue weighted by Crippen LogP contribution is -2.31. The van der Waals surface area contributed by atoms with E-state index in [0.717, 1.165) is 37.4 Å². The van der Waals surface area contributed by atoms with Gasteiger partial charge in [0.15, 0.2) is 11.5 Å². The monoisotopic (exact) mass is 384 g/mol. The molecule has 26 heavy (non-hydrogen) atoms. The highest BCUT2D eigenvalue weighted by molar-refractivity contribution is 7.99. The standard InChI is InChI=1S/C16H15F3N4O2S/c17-9(11(18)19)5-6-26-15-10-13(20-12(21-15)7-1-2-7)23(8-3-4-8)16(25)22-14(10)24/h7-8H,1-6H2,(H,22,24,25). The molecule has 6 nitrogen and oxygen atoms in total. The number of H-pyrrole nitrogens is 1. The second kappa shape index (κ2) is 6.57. The molecule has 2 aromatic rings. The first-order chi connectivity index (χ1) is 12.5. The maximum absolute atomic E-state index is 13.0. The minimum absolute atomic E-state index is 0.00138. The number of aromatic nitrogens is 4. The van der Waals surface area contributed by atoms with Gasteiger partial charge in [-0.25, -0.2) is 19.2 Å². The molecule has 0 amide bonds. The van der Waals surface area contributed by atoms with Crippen molar-refractivity contribution in [1.29, 1.82) is 0 Å². The van der Waals surface area contributed by atoms with E-state index in [1.165, 1.54) is 4.57 Å². The number of hydrogen-bond acceptors (Lipinski definition) is 5. The Morgan fingerprint density at radius 3 is 2.50 bits per heavy atom. The zero-order valence-electron chi connectivity index (χ0n) is 13.6. The summed E-state index contributed by atoms with van der Waals surface area (Å²) in [6.45, 7) is 0. The van der Waals surface area contributed by atoms with Crippen LogP contribution in [0, 0.1) is 0 Å². The molecule has 0 spiro atoms. The first kappa shape index (κ1) is 17.3. The predicted molar refractivity (Wildman–Crippen MR) is 90.4 cm³/mol. The Kier molecular flexibility index (Phi) is 4.37. The van der Waals surface area contributed by atoms with Crippen LogP contribution in [0.3, 0.4) is 0 Å². The van der Waals surface area contributed by atoms with Gasteiger partial charge in [-0.1, -0.05) is 0 Å². The number of halogens is 3. The van der Waals surface area contributed by atoms with Crippen LogP contribution >= 0.6 is 11.8 Å². The fourth-order valence-electron chi connectivity index (χ4n) is 2.77. The van der Waals surface area contributed by atoms with Crippen LogP contribution in [-0.4, -0.2) is 25.3 Å². The van der Waals surface area contributed by atoms with Crippen LogP contribution in [0.4, 0.5) is 13.2 Å². The van der Waals surface area contributed by atoms with E-state index >= 15 is 0 Å². The number of aromatic amines is 1. The number of nitrogens with one attached hydrogen (secondary N) is 1. The van der Waals surface area contributed by atoms with Crippen LogP contribution < -0.4 is 11.2 Å². The van der Waals surface area contributed by atoms with Crippen molar-refractivity contribution >= 4 is 22.8 Å². The Morgan fingerprint density at radius 1 is 1.15 bits per heavy atom. The summed E-state index contributed by atoms with van der Waals surface area (Å²) in [6, 6.07) is 0.00247. The molecule has 0 aromatic carbocycles. The van der Waals surface area contributed by atoms with E-state index < -0.39 is 29.6 Å². The van der Waals surface area contributed by atoms with Gasteiger partial charge in [0.2, 0.25) is 0 Å². The fraction of sp³-hybridized carbons (Fsp3) is 0.500. The van der Waals surface area contributed by atoms with Crippen LogP contribution in [0.2, 0.25) is 0 Å². The molecule has 0 atom stereocenters. The molecule has 2 aromatic heterocycles. The highest BCUT2D eigenvalue weighted by Crippen LogP contribution is 2.41. The van der Waals surface area contributed by atoms with Crippen LogP contribution in [-0.2, 0) is 0 Å². The average Bonchev–Trinajstić information content (AvgIpc) is 3.45. The molecule has 2 saturated carbocycles. The molecule has 4 rings (SSSR count). The molecule has 2 aliphatic rings. The van der Waals surface area contributed by atoms with Gasteiger partial charge in [-0.15, -0.1) is 11.8 Å². The minimum Gasteiger partial charge on any atom is -0.274 e. The van der Waals surface area contributed by atoms with E-state index in [-0.39, 0.29) is 28.7 Å². The largest absolute Gasteiger partial charge is 0.330 e. The maximum Gasteiger partial charge on any atom is 0.330 e. The van der Waals surface area contributed by atoms with Crippen molar-refractivity contribution in [1.82, 2.24) is 19.5 Å². The number of rotatable bonds is 6. The first-order valence-electron chi connectivity index (χ1n) is 8.34. The third kappa shape index (κ3) is 3.29. The third-order valence-electron chi connectivity index (χ3n) is 4.39. The molecule has 2 heterocycles. The van der Waals surface area contributed by atoms with Gasteiger partial charge in [0.1, 0.15) is 16.2 Å². The van der Waals surface area contributed by atoms with E-state index in [1.807, 2.05) is 0 Å². The summed E-state index contributed by atoms with van der Waals surface area (Å²) in [5, 5.41) is 0.468. The Balaban J connectivity index is 1.80. The van der Waals surface area contributed by atoms with Crippen molar-refractivity contribution in [2.75, 3.05) is 5.75 Å². The summed E-state index contributed by atoms with van der Waals surface area (Å²) in [5.74, 6) is -0.739. The fourth-order valence-corrected chi connectivity index (χ4v) is 3.73. The second-order valence-corrected chi connectivity index (χ2v) is 7.57. The first-order valence-corrected chi connectivity index (χ1v) is 9.33. The number of hydrogen-bond donors (Lipinski definition) is 1. The molecule has 0 bridgehead atoms. The summed E-state index contributed by atoms with van der Waals surface area (Å²) in [6.07, 6.45) is 0.721. The Hall–Kier alpha value is -2.10. The second-order valence-electron chi connectivity index (χ2n) is 6.48. The van der Waals surface area contributed by atoms with E-state index in [1.54, 1.807) is 0 Å². The van der Waals surface area contributed by atoms with Gasteiger partial charge in [-0.2, -0.15) is 8.78 Å². The predicted octanol–water partition coefficient (Wildman–Crippen LogP) is 3.25. The van der Waals surface area contributed by atoms with Crippen LogP contribution in [0.25, 0.3) is 11.0 Å². The van der Waals surface area contributed by atoms with Crippen molar-refractivity contribution in [2.45, 2.75) is 49.1 Å². The number of fused-ring (bicyclic) bond motifs is 1. The van der Waals surface area contributed by atoms with Crippen LogP contribution in [0.15, 0.2) is 26.5 Å². The molecular weight excluding hydrogens is 369 g/mol. The molecule has 0 aliphatic heterocycles. The molecule has 1 N–H and O–H groups in total. The molecule has 2 fully saturated rings. The molecule has 0 unspecified atom stereocenters. The highest BCUT2D eigenvalue weighted by Gasteiger charge is 2.32. The summed E-state index contributed by atoms with van der Waals surface area (Å²) in [7, 11) is 0. The van der Waals surface area contributed by atoms with Crippen molar-refractivity contribution in [3.63, 3.8) is 0 Å². The summed E-state index contributed by atoms with van der Waals surface area (Å²) >= 11 is 1.02. The summed E-state index contributed by atoms with van der Waals surface area (Å²) < 4.78 is 39.0. The zero-order chi connectivity index (χ0) is 18.4. The Bertz CT molecular complexity index is 1020. The number of allylic oxidation sites excluding steroid dienone is 1. The topological polar surface area (TPSA) is 80.6 Å². The Labute approximate surface area is 149 Å². The minimum atomic E-state index is -2.34. The maximum atomic E-state index is 13.0. The molecule has 10 heteroatoms. The summed E-state index contributed by atoms with van der Waals surface area (Å²) in [5.41, 5.74) is -0.831. The zero-order valence-corrected chi connectivity index (χ0v) is 14.4. The van der Waals surface area contributed by atoms with E-state index in [2.05, 4.69) is 15.0 Å². The van der Waals surface area contributed by atoms with Crippen LogP contribution in [0.1, 0.15) is 49.9 Å². The quantitative estimate of drug-likeness (QED) is 0.611. The number of nitrogens with zero attached hydrogens (tertiary/aromatic N) is 3. The van der Waals surface area contributed by atoms with Gasteiger partial charge >= 0.3 is 11.8 Å². The highest BCUT2D eigenvalue weighted by atomic mass is 32.2. The smallest absolute Gasteiger partial charge is 0.274 e. The van der Waals surface area contributed by atoms with Crippen molar-refractivity contribution in [3.8, 4) is 0 Å².